The fourth-order valence-corrected chi connectivity index (χ4v) is 3.80. The van der Waals surface area contributed by atoms with Gasteiger partial charge in [0.15, 0.2) is 5.82 Å². The Bertz CT molecular complexity index is 1120. The quantitative estimate of drug-likeness (QED) is 0.353. The number of aliphatic hydroxyl groups is 1. The first-order chi connectivity index (χ1) is 18.3. The number of piperazine rings is 1. The minimum atomic E-state index is -1.12. The zero-order valence-corrected chi connectivity index (χ0v) is 21.0. The topological polar surface area (TPSA) is 171 Å². The average molecular weight is 530 g/mol. The van der Waals surface area contributed by atoms with Crippen LogP contribution in [0.15, 0.2) is 36.4 Å². The van der Waals surface area contributed by atoms with Gasteiger partial charge in [-0.15, -0.1) is 5.06 Å². The molecular weight excluding hydrogens is 498 g/mol. The Balaban J connectivity index is 1.74. The maximum Gasteiger partial charge on any atom is 0.527 e. The van der Waals surface area contributed by atoms with Crippen LogP contribution in [-0.4, -0.2) is 99.5 Å². The van der Waals surface area contributed by atoms with Crippen molar-refractivity contribution in [2.45, 2.75) is 32.2 Å². The summed E-state index contributed by atoms with van der Waals surface area (Å²) in [5.74, 6) is -1.95. The second kappa shape index (κ2) is 14.0. The van der Waals surface area contributed by atoms with Crippen LogP contribution in [-0.2, 0) is 25.6 Å². The third-order valence-corrected chi connectivity index (χ3v) is 5.68. The summed E-state index contributed by atoms with van der Waals surface area (Å²) >= 11 is 0. The number of ether oxygens (including phenoxy) is 1. The van der Waals surface area contributed by atoms with Gasteiger partial charge in [0, 0.05) is 43.8 Å². The van der Waals surface area contributed by atoms with E-state index in [-0.39, 0.29) is 70.2 Å². The van der Waals surface area contributed by atoms with Crippen molar-refractivity contribution in [1.29, 1.82) is 0 Å². The molecule has 3 rings (SSSR count). The number of carbonyl (C=O) groups excluding carboxylic acids is 3. The van der Waals surface area contributed by atoms with E-state index in [1.54, 1.807) is 31.2 Å². The van der Waals surface area contributed by atoms with Crippen LogP contribution < -0.4 is 5.32 Å². The van der Waals surface area contributed by atoms with E-state index in [0.29, 0.717) is 11.3 Å². The minimum absolute atomic E-state index is 0.0110. The van der Waals surface area contributed by atoms with Crippen LogP contribution >= 0.6 is 0 Å². The number of aromatic nitrogens is 2. The molecule has 2 aromatic rings. The summed E-state index contributed by atoms with van der Waals surface area (Å²) in [5, 5.41) is 22.6. The Kier molecular flexibility index (Phi) is 10.5. The van der Waals surface area contributed by atoms with Crippen LogP contribution in [0.3, 0.4) is 0 Å². The minimum Gasteiger partial charge on any atom is -0.481 e. The number of hydrogen-bond acceptors (Lipinski definition) is 10. The lowest BCUT2D eigenvalue weighted by Gasteiger charge is -2.35. The number of nitrogens with one attached hydrogen (secondary N) is 1. The highest BCUT2D eigenvalue weighted by molar-refractivity contribution is 5.96. The molecule has 1 aromatic carbocycles. The Morgan fingerprint density at radius 2 is 1.79 bits per heavy atom. The smallest absolute Gasteiger partial charge is 0.481 e. The monoisotopic (exact) mass is 529 g/mol. The number of hydrogen-bond donors (Lipinski definition) is 3. The van der Waals surface area contributed by atoms with Gasteiger partial charge in [0.2, 0.25) is 5.91 Å². The van der Waals surface area contributed by atoms with E-state index in [1.165, 1.54) is 16.0 Å². The van der Waals surface area contributed by atoms with Gasteiger partial charge in [0.25, 0.3) is 5.91 Å². The summed E-state index contributed by atoms with van der Waals surface area (Å²) in [5.41, 5.74) is 1.10. The summed E-state index contributed by atoms with van der Waals surface area (Å²) in [6.07, 6.45) is -1.10. The van der Waals surface area contributed by atoms with Crippen molar-refractivity contribution >= 4 is 23.9 Å². The summed E-state index contributed by atoms with van der Waals surface area (Å²) in [6.45, 7) is 2.48. The van der Waals surface area contributed by atoms with E-state index in [4.69, 9.17) is 9.57 Å². The van der Waals surface area contributed by atoms with E-state index < -0.39 is 30.0 Å². The SMILES string of the molecule is CCOC(=O)ON1CCN(C(=O)[C@H](CCC(=O)O)NC(=O)c2cc(CCO)nc(-c3ccccc3)n2)CC1. The molecule has 2 amide bonds. The van der Waals surface area contributed by atoms with Crippen LogP contribution in [0.25, 0.3) is 11.4 Å². The molecule has 0 bridgehead atoms. The fourth-order valence-electron chi connectivity index (χ4n) is 3.80. The number of hydroxylamine groups is 2. The normalized spacial score (nSPS) is 14.4. The number of amides is 2. The number of carboxylic acid groups (broad SMARTS) is 1. The molecule has 38 heavy (non-hydrogen) atoms. The number of benzene rings is 1. The Morgan fingerprint density at radius 3 is 2.42 bits per heavy atom. The van der Waals surface area contributed by atoms with E-state index >= 15 is 0 Å². The molecular formula is C25H31N5O8. The number of carbonyl (C=O) groups is 4. The summed E-state index contributed by atoms with van der Waals surface area (Å²) in [4.78, 5) is 64.5. The molecule has 1 atom stereocenters. The van der Waals surface area contributed by atoms with Gasteiger partial charge in [-0.05, 0) is 19.4 Å². The van der Waals surface area contributed by atoms with Crippen LogP contribution in [0.2, 0.25) is 0 Å². The van der Waals surface area contributed by atoms with E-state index in [2.05, 4.69) is 15.3 Å². The van der Waals surface area contributed by atoms with Gasteiger partial charge >= 0.3 is 12.1 Å². The molecule has 13 heteroatoms. The highest BCUT2D eigenvalue weighted by atomic mass is 16.8. The lowest BCUT2D eigenvalue weighted by molar-refractivity contribution is -0.157. The number of aliphatic hydroxyl groups excluding tert-OH is 1. The average Bonchev–Trinajstić information content (AvgIpc) is 2.91. The molecule has 0 radical (unpaired) electrons. The predicted molar refractivity (Wildman–Crippen MR) is 133 cm³/mol. The molecule has 0 spiro atoms. The van der Waals surface area contributed by atoms with Gasteiger partial charge in [-0.3, -0.25) is 14.4 Å². The second-order valence-electron chi connectivity index (χ2n) is 8.39. The van der Waals surface area contributed by atoms with Crippen LogP contribution in [0.1, 0.15) is 35.9 Å². The van der Waals surface area contributed by atoms with Crippen LogP contribution in [0.5, 0.6) is 0 Å². The van der Waals surface area contributed by atoms with Gasteiger partial charge in [0.05, 0.1) is 19.7 Å². The highest BCUT2D eigenvalue weighted by Crippen LogP contribution is 2.17. The Hall–Kier alpha value is -4.10. The number of carboxylic acids is 1. The lowest BCUT2D eigenvalue weighted by atomic mass is 10.1. The molecule has 1 saturated heterocycles. The molecule has 1 aliphatic rings. The second-order valence-corrected chi connectivity index (χ2v) is 8.39. The Morgan fingerprint density at radius 1 is 1.08 bits per heavy atom. The van der Waals surface area contributed by atoms with Crippen molar-refractivity contribution in [3.63, 3.8) is 0 Å². The summed E-state index contributed by atoms with van der Waals surface area (Å²) in [6, 6.07) is 9.31. The predicted octanol–water partition coefficient (Wildman–Crippen LogP) is 0.874. The lowest BCUT2D eigenvalue weighted by Crippen LogP contribution is -2.55. The van der Waals surface area contributed by atoms with Crippen LogP contribution in [0.4, 0.5) is 4.79 Å². The largest absolute Gasteiger partial charge is 0.527 e. The van der Waals surface area contributed by atoms with Crippen LogP contribution in [0, 0.1) is 0 Å². The first-order valence-electron chi connectivity index (χ1n) is 12.3. The number of rotatable bonds is 11. The third-order valence-electron chi connectivity index (χ3n) is 5.68. The molecule has 0 unspecified atom stereocenters. The zero-order valence-electron chi connectivity index (χ0n) is 21.0. The highest BCUT2D eigenvalue weighted by Gasteiger charge is 2.31. The van der Waals surface area contributed by atoms with Crippen molar-refractivity contribution in [2.75, 3.05) is 39.4 Å². The molecule has 0 saturated carbocycles. The van der Waals surface area contributed by atoms with Crippen molar-refractivity contribution in [3.8, 4) is 11.4 Å². The van der Waals surface area contributed by atoms with Crippen molar-refractivity contribution in [2.24, 2.45) is 0 Å². The molecule has 204 valence electrons. The maximum absolute atomic E-state index is 13.3. The summed E-state index contributed by atoms with van der Waals surface area (Å²) in [7, 11) is 0. The molecule has 1 aromatic heterocycles. The molecule has 2 heterocycles. The number of aliphatic carboxylic acids is 1. The Labute approximate surface area is 219 Å². The standard InChI is InChI=1S/C25H31N5O8/c1-2-37-25(36)38-30-13-11-29(12-14-30)24(35)19(8-9-21(32)33)28-23(34)20-16-18(10-15-31)26-22(27-20)17-6-4-3-5-7-17/h3-7,16,19,31H,2,8-15H2,1H3,(H,28,34)(H,32,33)/t19-/m0/s1. The van der Waals surface area contributed by atoms with Gasteiger partial charge in [-0.25, -0.2) is 14.8 Å². The molecule has 1 aliphatic heterocycles. The van der Waals surface area contributed by atoms with E-state index in [0.717, 1.165) is 0 Å². The van der Waals surface area contributed by atoms with E-state index in [9.17, 15) is 29.4 Å². The van der Waals surface area contributed by atoms with Gasteiger partial charge in [-0.1, -0.05) is 30.3 Å². The third kappa shape index (κ3) is 8.21. The van der Waals surface area contributed by atoms with E-state index in [1.807, 2.05) is 6.07 Å². The molecule has 3 N–H and O–H groups in total. The molecule has 0 aliphatic carbocycles. The van der Waals surface area contributed by atoms with Gasteiger partial charge in [0.1, 0.15) is 11.7 Å². The first kappa shape index (κ1) is 28.5. The zero-order chi connectivity index (χ0) is 27.5. The van der Waals surface area contributed by atoms with Gasteiger partial charge < -0.3 is 30.0 Å². The molecule has 13 nitrogen and oxygen atoms in total. The van der Waals surface area contributed by atoms with Gasteiger partial charge in [-0.2, -0.15) is 0 Å². The number of nitrogens with zero attached hydrogens (tertiary/aromatic N) is 4. The van der Waals surface area contributed by atoms with Crippen molar-refractivity contribution in [1.82, 2.24) is 25.2 Å². The van der Waals surface area contributed by atoms with Crippen molar-refractivity contribution < 1.29 is 39.0 Å². The summed E-state index contributed by atoms with van der Waals surface area (Å²) < 4.78 is 4.75. The first-order valence-corrected chi connectivity index (χ1v) is 12.3. The fraction of sp³-hybridized carbons (Fsp3) is 0.440. The van der Waals surface area contributed by atoms with Crippen molar-refractivity contribution in [3.05, 3.63) is 47.8 Å². The maximum atomic E-state index is 13.3. The molecule has 1 fully saturated rings.